The highest BCUT2D eigenvalue weighted by Crippen LogP contribution is 2.12. The predicted octanol–water partition coefficient (Wildman–Crippen LogP) is 0.722. The lowest BCUT2D eigenvalue weighted by Crippen LogP contribution is -2.85. The van der Waals surface area contributed by atoms with E-state index in [1.165, 1.54) is 0 Å². The molecule has 0 bridgehead atoms. The monoisotopic (exact) mass is 246 g/mol. The molecule has 1 aliphatic rings. The standard InChI is InChI=1S/C10H12ClNO2S/c11-8-1-3-9(4-2-8)12-10-5-6-15(13,14)7-10/h1-4,10,12H,5-7H2/p+1. The first-order chi connectivity index (χ1) is 7.05. The highest BCUT2D eigenvalue weighted by molar-refractivity contribution is 7.91. The minimum atomic E-state index is -2.78. The molecule has 1 saturated heterocycles. The van der Waals surface area contributed by atoms with Crippen molar-refractivity contribution in [2.24, 2.45) is 0 Å². The molecule has 0 spiro atoms. The van der Waals surface area contributed by atoms with E-state index in [4.69, 9.17) is 11.6 Å². The van der Waals surface area contributed by atoms with Crippen LogP contribution in [0.2, 0.25) is 5.02 Å². The van der Waals surface area contributed by atoms with Gasteiger partial charge in [-0.25, -0.2) is 8.42 Å². The van der Waals surface area contributed by atoms with Crippen LogP contribution in [0.3, 0.4) is 0 Å². The van der Waals surface area contributed by atoms with Crippen molar-refractivity contribution in [2.45, 2.75) is 12.5 Å². The number of sulfone groups is 1. The molecule has 0 radical (unpaired) electrons. The summed E-state index contributed by atoms with van der Waals surface area (Å²) in [6.45, 7) is 0. The van der Waals surface area contributed by atoms with Gasteiger partial charge in [0.1, 0.15) is 17.5 Å². The van der Waals surface area contributed by atoms with Gasteiger partial charge >= 0.3 is 0 Å². The first kappa shape index (κ1) is 10.9. The molecule has 3 nitrogen and oxygen atoms in total. The molecule has 1 aromatic rings. The lowest BCUT2D eigenvalue weighted by molar-refractivity contribution is -0.605. The van der Waals surface area contributed by atoms with E-state index in [0.29, 0.717) is 10.8 Å². The summed E-state index contributed by atoms with van der Waals surface area (Å²) < 4.78 is 22.5. The smallest absolute Gasteiger partial charge is 0.156 e. The van der Waals surface area contributed by atoms with Gasteiger partial charge in [0.15, 0.2) is 9.84 Å². The van der Waals surface area contributed by atoms with Crippen LogP contribution in [0, 0.1) is 0 Å². The average Bonchev–Trinajstić information content (AvgIpc) is 2.50. The largest absolute Gasteiger partial charge is 0.311 e. The third-order valence-electron chi connectivity index (χ3n) is 2.57. The van der Waals surface area contributed by atoms with Crippen LogP contribution in [0.4, 0.5) is 5.69 Å². The summed E-state index contributed by atoms with van der Waals surface area (Å²) >= 11 is 5.76. The minimum absolute atomic E-state index is 0.163. The average molecular weight is 247 g/mol. The van der Waals surface area contributed by atoms with Crippen LogP contribution in [0.25, 0.3) is 0 Å². The molecule has 15 heavy (non-hydrogen) atoms. The van der Waals surface area contributed by atoms with Gasteiger partial charge in [-0.2, -0.15) is 0 Å². The Labute approximate surface area is 94.4 Å². The minimum Gasteiger partial charge on any atom is -0.311 e. The normalized spacial score (nSPS) is 24.2. The Balaban J connectivity index is 2.02. The Hall–Kier alpha value is -0.580. The highest BCUT2D eigenvalue weighted by Gasteiger charge is 2.30. The zero-order chi connectivity index (χ0) is 10.9. The number of quaternary nitrogens is 1. The third kappa shape index (κ3) is 2.93. The Morgan fingerprint density at radius 1 is 1.27 bits per heavy atom. The van der Waals surface area contributed by atoms with Crippen LogP contribution in [-0.2, 0) is 9.84 Å². The van der Waals surface area contributed by atoms with Crippen molar-refractivity contribution in [3.63, 3.8) is 0 Å². The molecule has 2 N–H and O–H groups in total. The van der Waals surface area contributed by atoms with Gasteiger partial charge in [0, 0.05) is 23.6 Å². The van der Waals surface area contributed by atoms with E-state index in [1.807, 2.05) is 29.6 Å². The van der Waals surface area contributed by atoms with E-state index >= 15 is 0 Å². The topological polar surface area (TPSA) is 50.8 Å². The zero-order valence-corrected chi connectivity index (χ0v) is 9.76. The number of nitrogens with two attached hydrogens (primary N) is 1. The Morgan fingerprint density at radius 2 is 1.93 bits per heavy atom. The summed E-state index contributed by atoms with van der Waals surface area (Å²) in [5, 5.41) is 2.71. The van der Waals surface area contributed by atoms with Crippen LogP contribution >= 0.6 is 11.6 Å². The van der Waals surface area contributed by atoms with Gasteiger partial charge in [-0.15, -0.1) is 0 Å². The highest BCUT2D eigenvalue weighted by atomic mass is 35.5. The second kappa shape index (κ2) is 4.12. The molecule has 0 amide bonds. The molecule has 0 aromatic heterocycles. The summed E-state index contributed by atoms with van der Waals surface area (Å²) in [6.07, 6.45) is 0.741. The van der Waals surface area contributed by atoms with Gasteiger partial charge in [0.25, 0.3) is 0 Å². The van der Waals surface area contributed by atoms with Gasteiger partial charge in [-0.3, -0.25) is 0 Å². The van der Waals surface area contributed by atoms with Gasteiger partial charge in [-0.05, 0) is 12.1 Å². The Bertz CT molecular complexity index is 441. The van der Waals surface area contributed by atoms with Crippen molar-refractivity contribution < 1.29 is 13.7 Å². The molecular weight excluding hydrogens is 234 g/mol. The number of rotatable bonds is 2. The Kier molecular flexibility index (Phi) is 3.00. The summed E-state index contributed by atoms with van der Waals surface area (Å²) in [5.74, 6) is 0.609. The SMILES string of the molecule is O=S1(=O)CCC([NH2+]c2ccc(Cl)cc2)C1. The van der Waals surface area contributed by atoms with Crippen LogP contribution in [0.1, 0.15) is 6.42 Å². The van der Waals surface area contributed by atoms with Gasteiger partial charge in [0.2, 0.25) is 0 Å². The summed E-state index contributed by atoms with van der Waals surface area (Å²) in [6, 6.07) is 7.62. The quantitative estimate of drug-likeness (QED) is 0.782. The number of halogens is 1. The number of hydrogen-bond acceptors (Lipinski definition) is 2. The van der Waals surface area contributed by atoms with Crippen molar-refractivity contribution in [1.29, 1.82) is 0 Å². The molecule has 1 aromatic carbocycles. The van der Waals surface area contributed by atoms with E-state index < -0.39 is 9.84 Å². The van der Waals surface area contributed by atoms with Crippen molar-refractivity contribution in [3.05, 3.63) is 29.3 Å². The number of benzene rings is 1. The van der Waals surface area contributed by atoms with Crippen molar-refractivity contribution in [2.75, 3.05) is 11.5 Å². The molecule has 1 atom stereocenters. The number of hydrogen-bond donors (Lipinski definition) is 1. The maximum Gasteiger partial charge on any atom is 0.156 e. The maximum absolute atomic E-state index is 11.2. The van der Waals surface area contributed by atoms with Crippen LogP contribution in [0.15, 0.2) is 24.3 Å². The molecule has 1 fully saturated rings. The predicted molar refractivity (Wildman–Crippen MR) is 60.1 cm³/mol. The van der Waals surface area contributed by atoms with E-state index in [0.717, 1.165) is 12.1 Å². The summed E-state index contributed by atoms with van der Waals surface area (Å²) in [4.78, 5) is 0. The van der Waals surface area contributed by atoms with Crippen molar-refractivity contribution in [1.82, 2.24) is 0 Å². The van der Waals surface area contributed by atoms with Crippen LogP contribution in [-0.4, -0.2) is 26.0 Å². The lowest BCUT2D eigenvalue weighted by Gasteiger charge is -2.06. The van der Waals surface area contributed by atoms with Crippen molar-refractivity contribution >= 4 is 27.1 Å². The first-order valence-electron chi connectivity index (χ1n) is 4.86. The van der Waals surface area contributed by atoms with Crippen LogP contribution < -0.4 is 5.32 Å². The first-order valence-corrected chi connectivity index (χ1v) is 7.06. The zero-order valence-electron chi connectivity index (χ0n) is 8.19. The molecule has 0 aliphatic carbocycles. The fourth-order valence-corrected chi connectivity index (χ4v) is 3.67. The second-order valence-corrected chi connectivity index (χ2v) is 6.55. The van der Waals surface area contributed by atoms with E-state index in [9.17, 15) is 8.42 Å². The Morgan fingerprint density at radius 3 is 2.47 bits per heavy atom. The van der Waals surface area contributed by atoms with Crippen LogP contribution in [0.5, 0.6) is 0 Å². The van der Waals surface area contributed by atoms with E-state index in [-0.39, 0.29) is 11.8 Å². The molecule has 1 heterocycles. The molecule has 0 saturated carbocycles. The van der Waals surface area contributed by atoms with E-state index in [2.05, 4.69) is 0 Å². The summed E-state index contributed by atoms with van der Waals surface area (Å²) in [7, 11) is -2.78. The molecule has 5 heteroatoms. The third-order valence-corrected chi connectivity index (χ3v) is 4.61. The van der Waals surface area contributed by atoms with Crippen molar-refractivity contribution in [3.8, 4) is 0 Å². The lowest BCUT2D eigenvalue weighted by atomic mass is 10.2. The molecule has 2 rings (SSSR count). The molecular formula is C10H13ClNO2S+. The fourth-order valence-electron chi connectivity index (χ4n) is 1.80. The second-order valence-electron chi connectivity index (χ2n) is 3.88. The molecule has 1 unspecified atom stereocenters. The summed E-state index contributed by atoms with van der Waals surface area (Å²) in [5.41, 5.74) is 1.04. The van der Waals surface area contributed by atoms with E-state index in [1.54, 1.807) is 0 Å². The van der Waals surface area contributed by atoms with Gasteiger partial charge in [0.05, 0.1) is 5.75 Å². The van der Waals surface area contributed by atoms with Gasteiger partial charge < -0.3 is 5.32 Å². The molecule has 82 valence electrons. The fraction of sp³-hybridized carbons (Fsp3) is 0.400. The maximum atomic E-state index is 11.2. The van der Waals surface area contributed by atoms with Gasteiger partial charge in [-0.1, -0.05) is 11.6 Å². The molecule has 1 aliphatic heterocycles.